The first-order valence-corrected chi connectivity index (χ1v) is 8.24. The van der Waals surface area contributed by atoms with Crippen LogP contribution in [0.15, 0.2) is 49.3 Å². The molecular weight excluding hydrogens is 375 g/mol. The summed E-state index contributed by atoms with van der Waals surface area (Å²) in [5.41, 5.74) is 1.32. The Kier molecular flexibility index (Phi) is 6.86. The van der Waals surface area contributed by atoms with Crippen molar-refractivity contribution in [3.8, 4) is 5.75 Å². The van der Waals surface area contributed by atoms with Crippen molar-refractivity contribution in [2.45, 2.75) is 25.6 Å². The second kappa shape index (κ2) is 9.12. The molecule has 9 heteroatoms. The predicted molar refractivity (Wildman–Crippen MR) is 94.8 cm³/mol. The summed E-state index contributed by atoms with van der Waals surface area (Å²) in [7, 11) is 0. The molecule has 2 aromatic rings. The lowest BCUT2D eigenvalue weighted by Crippen LogP contribution is -2.27. The topological polar surface area (TPSA) is 81.2 Å². The fourth-order valence-electron chi connectivity index (χ4n) is 2.23. The van der Waals surface area contributed by atoms with Gasteiger partial charge in [0, 0.05) is 11.9 Å². The number of amides is 1. The van der Waals surface area contributed by atoms with Gasteiger partial charge in [0.2, 0.25) is 0 Å². The molecule has 0 radical (unpaired) electrons. The number of rotatable bonds is 8. The Bertz CT molecular complexity index is 851. The maximum absolute atomic E-state index is 12.3. The number of nitrogens with zero attached hydrogens (tertiary/aromatic N) is 2. The fraction of sp³-hybridized carbons (Fsp3) is 0.263. The van der Waals surface area contributed by atoms with Crippen molar-refractivity contribution in [3.05, 3.63) is 66.3 Å². The van der Waals surface area contributed by atoms with E-state index in [-0.39, 0.29) is 23.6 Å². The van der Waals surface area contributed by atoms with Gasteiger partial charge in [-0.1, -0.05) is 6.58 Å². The number of hydrogen-bond donors (Lipinski definition) is 1. The summed E-state index contributed by atoms with van der Waals surface area (Å²) in [5.74, 6) is -0.763. The van der Waals surface area contributed by atoms with Gasteiger partial charge in [-0.3, -0.25) is 14.6 Å². The van der Waals surface area contributed by atoms with E-state index in [4.69, 9.17) is 0 Å². The number of alkyl halides is 3. The predicted octanol–water partition coefficient (Wildman–Crippen LogP) is 3.21. The van der Waals surface area contributed by atoms with E-state index in [0.29, 0.717) is 5.69 Å². The molecule has 0 saturated carbocycles. The third kappa shape index (κ3) is 6.49. The Balaban J connectivity index is 1.99. The highest BCUT2D eigenvalue weighted by Crippen LogP contribution is 2.18. The molecule has 0 saturated heterocycles. The number of pyridine rings is 2. The van der Waals surface area contributed by atoms with Crippen molar-refractivity contribution in [2.75, 3.05) is 6.61 Å². The number of nitrogens with one attached hydrogen (secondary N) is 1. The van der Waals surface area contributed by atoms with Gasteiger partial charge in [-0.2, -0.15) is 13.2 Å². The molecule has 2 heterocycles. The fourth-order valence-corrected chi connectivity index (χ4v) is 2.23. The molecule has 28 heavy (non-hydrogen) atoms. The van der Waals surface area contributed by atoms with E-state index in [0.717, 1.165) is 11.8 Å². The van der Waals surface area contributed by atoms with Gasteiger partial charge < -0.3 is 10.1 Å². The lowest BCUT2D eigenvalue weighted by molar-refractivity contribution is -0.153. The maximum Gasteiger partial charge on any atom is 0.422 e. The molecule has 0 aliphatic rings. The van der Waals surface area contributed by atoms with Crippen LogP contribution < -0.4 is 10.1 Å². The number of carbonyl (C=O) groups is 2. The molecule has 6 nitrogen and oxygen atoms in total. The quantitative estimate of drug-likeness (QED) is 0.697. The molecule has 1 unspecified atom stereocenters. The van der Waals surface area contributed by atoms with E-state index in [1.165, 1.54) is 24.4 Å². The number of carbonyl (C=O) groups excluding carboxylic acids is 2. The van der Waals surface area contributed by atoms with Gasteiger partial charge in [0.1, 0.15) is 11.4 Å². The second-order valence-corrected chi connectivity index (χ2v) is 5.91. The van der Waals surface area contributed by atoms with Crippen molar-refractivity contribution in [3.63, 3.8) is 0 Å². The molecule has 1 amide bonds. The zero-order chi connectivity index (χ0) is 20.7. The second-order valence-electron chi connectivity index (χ2n) is 5.91. The molecule has 1 atom stereocenters. The Hall–Kier alpha value is -3.23. The molecule has 2 aromatic heterocycles. The number of ether oxygens (including phenoxy) is 1. The highest BCUT2D eigenvalue weighted by atomic mass is 19.4. The zero-order valence-electron chi connectivity index (χ0n) is 15.0. The van der Waals surface area contributed by atoms with E-state index in [9.17, 15) is 22.8 Å². The van der Waals surface area contributed by atoms with Crippen LogP contribution in [0.2, 0.25) is 0 Å². The van der Waals surface area contributed by atoms with Crippen molar-refractivity contribution in [1.82, 2.24) is 15.3 Å². The van der Waals surface area contributed by atoms with Gasteiger partial charge in [-0.15, -0.1) is 0 Å². The molecule has 1 N–H and O–H groups in total. The molecule has 2 rings (SSSR count). The van der Waals surface area contributed by atoms with Crippen LogP contribution in [0.3, 0.4) is 0 Å². The van der Waals surface area contributed by atoms with Crippen LogP contribution in [0, 0.1) is 0 Å². The molecule has 0 bridgehead atoms. The van der Waals surface area contributed by atoms with Crippen LogP contribution in [0.25, 0.3) is 0 Å². The van der Waals surface area contributed by atoms with Gasteiger partial charge in [0.25, 0.3) is 5.91 Å². The SMILES string of the molecule is C=CC(=O)Cc1cc(C(C)NC(=O)c2ccc(OCC(F)(F)F)cn2)ccn1. The third-order valence-electron chi connectivity index (χ3n) is 3.64. The summed E-state index contributed by atoms with van der Waals surface area (Å²) < 4.78 is 41.0. The first-order valence-electron chi connectivity index (χ1n) is 8.24. The van der Waals surface area contributed by atoms with Crippen molar-refractivity contribution in [2.24, 2.45) is 0 Å². The summed E-state index contributed by atoms with van der Waals surface area (Å²) in [6.45, 7) is 3.72. The van der Waals surface area contributed by atoms with E-state index >= 15 is 0 Å². The highest BCUT2D eigenvalue weighted by molar-refractivity contribution is 5.92. The standard InChI is InChI=1S/C19H18F3N3O3/c1-3-15(26)9-14-8-13(6-7-23-14)12(2)25-18(27)17-5-4-16(10-24-17)28-11-19(20,21)22/h3-8,10,12H,1,9,11H2,2H3,(H,25,27). The molecule has 148 valence electrons. The Labute approximate surface area is 159 Å². The van der Waals surface area contributed by atoms with Gasteiger partial charge >= 0.3 is 6.18 Å². The minimum Gasteiger partial charge on any atom is -0.483 e. The van der Waals surface area contributed by atoms with Gasteiger partial charge in [0.15, 0.2) is 12.4 Å². The average Bonchev–Trinajstić information content (AvgIpc) is 2.66. The summed E-state index contributed by atoms with van der Waals surface area (Å²) in [6, 6.07) is 5.51. The Morgan fingerprint density at radius 2 is 2.04 bits per heavy atom. The summed E-state index contributed by atoms with van der Waals surface area (Å²) in [4.78, 5) is 31.7. The van der Waals surface area contributed by atoms with Crippen molar-refractivity contribution >= 4 is 11.7 Å². The number of allylic oxidation sites excluding steroid dienone is 1. The van der Waals surface area contributed by atoms with Crippen LogP contribution in [0.1, 0.15) is 34.7 Å². The third-order valence-corrected chi connectivity index (χ3v) is 3.64. The number of aromatic nitrogens is 2. The maximum atomic E-state index is 12.3. The number of ketones is 1. The molecule has 0 fully saturated rings. The van der Waals surface area contributed by atoms with Gasteiger partial charge in [0.05, 0.1) is 18.7 Å². The van der Waals surface area contributed by atoms with Gasteiger partial charge in [-0.25, -0.2) is 4.98 Å². The average molecular weight is 393 g/mol. The van der Waals surface area contributed by atoms with Crippen LogP contribution >= 0.6 is 0 Å². The largest absolute Gasteiger partial charge is 0.483 e. The van der Waals surface area contributed by atoms with Crippen LogP contribution in [0.5, 0.6) is 5.75 Å². The van der Waals surface area contributed by atoms with Crippen molar-refractivity contribution in [1.29, 1.82) is 0 Å². The van der Waals surface area contributed by atoms with E-state index in [1.807, 2.05) is 0 Å². The molecule has 0 aliphatic heterocycles. The molecular formula is C19H18F3N3O3. The summed E-state index contributed by atoms with van der Waals surface area (Å²) in [6.07, 6.45) is -0.539. The van der Waals surface area contributed by atoms with Crippen LogP contribution in [-0.2, 0) is 11.2 Å². The summed E-state index contributed by atoms with van der Waals surface area (Å²) in [5, 5.41) is 2.73. The van der Waals surface area contributed by atoms with Crippen molar-refractivity contribution < 1.29 is 27.5 Å². The Morgan fingerprint density at radius 3 is 2.64 bits per heavy atom. The first-order chi connectivity index (χ1) is 13.2. The minimum absolute atomic E-state index is 0.0299. The van der Waals surface area contributed by atoms with E-state index in [2.05, 4.69) is 26.6 Å². The molecule has 0 spiro atoms. The number of hydrogen-bond acceptors (Lipinski definition) is 5. The highest BCUT2D eigenvalue weighted by Gasteiger charge is 2.28. The molecule has 0 aliphatic carbocycles. The normalized spacial score (nSPS) is 12.1. The summed E-state index contributed by atoms with van der Waals surface area (Å²) >= 11 is 0. The van der Waals surface area contributed by atoms with Gasteiger partial charge in [-0.05, 0) is 42.8 Å². The molecule has 0 aromatic carbocycles. The van der Waals surface area contributed by atoms with Crippen LogP contribution in [-0.4, -0.2) is 34.4 Å². The minimum atomic E-state index is -4.45. The number of halogens is 3. The van der Waals surface area contributed by atoms with Crippen LogP contribution in [0.4, 0.5) is 13.2 Å². The van der Waals surface area contributed by atoms with E-state index in [1.54, 1.807) is 19.1 Å². The zero-order valence-corrected chi connectivity index (χ0v) is 15.0. The lowest BCUT2D eigenvalue weighted by Gasteiger charge is -2.15. The Morgan fingerprint density at radius 1 is 1.29 bits per heavy atom. The van der Waals surface area contributed by atoms with E-state index < -0.39 is 24.7 Å². The smallest absolute Gasteiger partial charge is 0.422 e. The first kappa shape index (κ1) is 21.1. The monoisotopic (exact) mass is 393 g/mol. The lowest BCUT2D eigenvalue weighted by atomic mass is 10.1.